The molecule has 1 heterocycles. The second-order valence-corrected chi connectivity index (χ2v) is 4.67. The van der Waals surface area contributed by atoms with Crippen LogP contribution in [0.25, 0.3) is 0 Å². The number of hydrogen-bond acceptors (Lipinski definition) is 3. The van der Waals surface area contributed by atoms with Crippen molar-refractivity contribution in [2.45, 2.75) is 26.3 Å². The van der Waals surface area contributed by atoms with Gasteiger partial charge in [-0.25, -0.2) is 9.78 Å². The Morgan fingerprint density at radius 2 is 2.19 bits per heavy atom. The standard InChI is InChI=1S/C15H18N4O2/c1-3-13(14-16-7-8-17-14)19-15(21)18-12-6-4-5-11(9-12)10(2)20/h4-9,13H,3H2,1-2H3,(H,16,17)(H2,18,19,21). The fourth-order valence-corrected chi connectivity index (χ4v) is 1.97. The molecule has 0 radical (unpaired) electrons. The number of Topliss-reactive ketones (excluding diaryl/α,β-unsaturated/α-hetero) is 1. The van der Waals surface area contributed by atoms with Gasteiger partial charge in [0, 0.05) is 23.6 Å². The van der Waals surface area contributed by atoms with Crippen molar-refractivity contribution in [3.8, 4) is 0 Å². The molecule has 0 fully saturated rings. The summed E-state index contributed by atoms with van der Waals surface area (Å²) in [6, 6.07) is 6.31. The Kier molecular flexibility index (Phi) is 4.71. The minimum atomic E-state index is -0.334. The van der Waals surface area contributed by atoms with Gasteiger partial charge in [-0.2, -0.15) is 0 Å². The summed E-state index contributed by atoms with van der Waals surface area (Å²) in [6.45, 7) is 3.45. The first kappa shape index (κ1) is 14.8. The van der Waals surface area contributed by atoms with E-state index in [4.69, 9.17) is 0 Å². The fourth-order valence-electron chi connectivity index (χ4n) is 1.97. The quantitative estimate of drug-likeness (QED) is 0.738. The van der Waals surface area contributed by atoms with Gasteiger partial charge in [-0.1, -0.05) is 19.1 Å². The molecule has 0 aliphatic rings. The summed E-state index contributed by atoms with van der Waals surface area (Å²) in [5.41, 5.74) is 1.14. The Bertz CT molecular complexity index is 622. The third-order valence-electron chi connectivity index (χ3n) is 3.09. The number of carbonyl (C=O) groups excluding carboxylic acids is 2. The van der Waals surface area contributed by atoms with Crippen LogP contribution in [-0.2, 0) is 0 Å². The molecule has 6 heteroatoms. The van der Waals surface area contributed by atoms with Gasteiger partial charge in [-0.3, -0.25) is 4.79 Å². The number of aromatic nitrogens is 2. The molecule has 21 heavy (non-hydrogen) atoms. The fraction of sp³-hybridized carbons (Fsp3) is 0.267. The highest BCUT2D eigenvalue weighted by molar-refractivity contribution is 5.96. The predicted molar refractivity (Wildman–Crippen MR) is 80.2 cm³/mol. The largest absolute Gasteiger partial charge is 0.347 e. The lowest BCUT2D eigenvalue weighted by Gasteiger charge is -2.15. The number of benzene rings is 1. The van der Waals surface area contributed by atoms with Crippen LogP contribution in [0.2, 0.25) is 0 Å². The molecule has 2 aromatic rings. The highest BCUT2D eigenvalue weighted by Crippen LogP contribution is 2.14. The van der Waals surface area contributed by atoms with E-state index in [1.165, 1.54) is 6.92 Å². The van der Waals surface area contributed by atoms with Crippen LogP contribution < -0.4 is 10.6 Å². The molecule has 0 aliphatic heterocycles. The zero-order chi connectivity index (χ0) is 15.2. The average Bonchev–Trinajstić information content (AvgIpc) is 2.99. The number of aromatic amines is 1. The van der Waals surface area contributed by atoms with Gasteiger partial charge in [-0.15, -0.1) is 0 Å². The van der Waals surface area contributed by atoms with Crippen molar-refractivity contribution < 1.29 is 9.59 Å². The van der Waals surface area contributed by atoms with E-state index in [2.05, 4.69) is 20.6 Å². The molecule has 1 atom stereocenters. The van der Waals surface area contributed by atoms with Crippen LogP contribution in [0.3, 0.4) is 0 Å². The van der Waals surface area contributed by atoms with Gasteiger partial charge in [0.25, 0.3) is 0 Å². The molecule has 2 rings (SSSR count). The van der Waals surface area contributed by atoms with Gasteiger partial charge in [0.1, 0.15) is 5.82 Å². The number of carbonyl (C=O) groups is 2. The summed E-state index contributed by atoms with van der Waals surface area (Å²) in [5.74, 6) is 0.672. The van der Waals surface area contributed by atoms with Crippen LogP contribution in [0.15, 0.2) is 36.7 Å². The monoisotopic (exact) mass is 286 g/mol. The molecule has 1 aromatic carbocycles. The Morgan fingerprint density at radius 3 is 2.81 bits per heavy atom. The Labute approximate surface area is 123 Å². The van der Waals surface area contributed by atoms with E-state index in [1.54, 1.807) is 36.7 Å². The van der Waals surface area contributed by atoms with Crippen molar-refractivity contribution in [2.75, 3.05) is 5.32 Å². The molecular formula is C15H18N4O2. The predicted octanol–water partition coefficient (Wildman–Crippen LogP) is 2.89. The van der Waals surface area contributed by atoms with Crippen LogP contribution >= 0.6 is 0 Å². The molecule has 0 spiro atoms. The summed E-state index contributed by atoms with van der Waals surface area (Å²) < 4.78 is 0. The Morgan fingerprint density at radius 1 is 1.38 bits per heavy atom. The van der Waals surface area contributed by atoms with E-state index in [1.807, 2.05) is 6.92 Å². The maximum Gasteiger partial charge on any atom is 0.319 e. The van der Waals surface area contributed by atoms with E-state index in [0.717, 1.165) is 0 Å². The summed E-state index contributed by atoms with van der Waals surface area (Å²) in [4.78, 5) is 30.5. The topological polar surface area (TPSA) is 86.9 Å². The van der Waals surface area contributed by atoms with Gasteiger partial charge in [-0.05, 0) is 25.5 Å². The number of hydrogen-bond donors (Lipinski definition) is 3. The number of imidazole rings is 1. The van der Waals surface area contributed by atoms with E-state index < -0.39 is 0 Å². The van der Waals surface area contributed by atoms with Crippen LogP contribution in [0.5, 0.6) is 0 Å². The first-order valence-electron chi connectivity index (χ1n) is 6.78. The van der Waals surface area contributed by atoms with Gasteiger partial charge in [0.15, 0.2) is 5.78 Å². The molecule has 6 nitrogen and oxygen atoms in total. The van der Waals surface area contributed by atoms with Crippen molar-refractivity contribution in [1.29, 1.82) is 0 Å². The van der Waals surface area contributed by atoms with E-state index in [0.29, 0.717) is 23.5 Å². The summed E-state index contributed by atoms with van der Waals surface area (Å²) in [6.07, 6.45) is 4.08. The second-order valence-electron chi connectivity index (χ2n) is 4.67. The van der Waals surface area contributed by atoms with Gasteiger partial charge in [0.05, 0.1) is 6.04 Å². The normalized spacial score (nSPS) is 11.7. The zero-order valence-corrected chi connectivity index (χ0v) is 12.0. The van der Waals surface area contributed by atoms with E-state index >= 15 is 0 Å². The van der Waals surface area contributed by atoms with Gasteiger partial charge in [0.2, 0.25) is 0 Å². The molecule has 3 N–H and O–H groups in total. The highest BCUT2D eigenvalue weighted by Gasteiger charge is 2.14. The number of ketones is 1. The number of H-pyrrole nitrogens is 1. The first-order chi connectivity index (χ1) is 10.1. The van der Waals surface area contributed by atoms with Crippen LogP contribution in [0, 0.1) is 0 Å². The average molecular weight is 286 g/mol. The Balaban J connectivity index is 2.01. The SMILES string of the molecule is CCC(NC(=O)Nc1cccc(C(C)=O)c1)c1ncc[nH]1. The minimum Gasteiger partial charge on any atom is -0.347 e. The number of nitrogens with zero attached hydrogens (tertiary/aromatic N) is 1. The van der Waals surface area contributed by atoms with Crippen LogP contribution in [-0.4, -0.2) is 21.8 Å². The zero-order valence-electron chi connectivity index (χ0n) is 12.0. The molecular weight excluding hydrogens is 268 g/mol. The highest BCUT2D eigenvalue weighted by atomic mass is 16.2. The molecule has 1 unspecified atom stereocenters. The lowest BCUT2D eigenvalue weighted by molar-refractivity contribution is 0.101. The number of nitrogens with one attached hydrogen (secondary N) is 3. The maximum atomic E-state index is 12.0. The third kappa shape index (κ3) is 3.92. The number of urea groups is 1. The van der Waals surface area contributed by atoms with Gasteiger partial charge < -0.3 is 15.6 Å². The smallest absolute Gasteiger partial charge is 0.319 e. The summed E-state index contributed by atoms with van der Waals surface area (Å²) >= 11 is 0. The Hall–Kier alpha value is -2.63. The molecule has 110 valence electrons. The molecule has 0 bridgehead atoms. The van der Waals surface area contributed by atoms with E-state index in [9.17, 15) is 9.59 Å². The van der Waals surface area contributed by atoms with Crippen molar-refractivity contribution in [1.82, 2.24) is 15.3 Å². The molecule has 2 amide bonds. The minimum absolute atomic E-state index is 0.0407. The number of rotatable bonds is 5. The van der Waals surface area contributed by atoms with Crippen molar-refractivity contribution in [3.05, 3.63) is 48.0 Å². The van der Waals surface area contributed by atoms with Crippen molar-refractivity contribution >= 4 is 17.5 Å². The lowest BCUT2D eigenvalue weighted by Crippen LogP contribution is -2.32. The number of anilines is 1. The maximum absolute atomic E-state index is 12.0. The van der Waals surface area contributed by atoms with Crippen LogP contribution in [0.1, 0.15) is 42.5 Å². The van der Waals surface area contributed by atoms with Gasteiger partial charge >= 0.3 is 6.03 Å². The van der Waals surface area contributed by atoms with Crippen LogP contribution in [0.4, 0.5) is 10.5 Å². The third-order valence-corrected chi connectivity index (χ3v) is 3.09. The van der Waals surface area contributed by atoms with Crippen molar-refractivity contribution in [3.63, 3.8) is 0 Å². The first-order valence-corrected chi connectivity index (χ1v) is 6.78. The number of amides is 2. The molecule has 0 aliphatic carbocycles. The van der Waals surface area contributed by atoms with E-state index in [-0.39, 0.29) is 17.9 Å². The summed E-state index contributed by atoms with van der Waals surface area (Å²) in [5, 5.41) is 5.56. The summed E-state index contributed by atoms with van der Waals surface area (Å²) in [7, 11) is 0. The molecule has 0 saturated carbocycles. The lowest BCUT2D eigenvalue weighted by atomic mass is 10.1. The molecule has 1 aromatic heterocycles. The molecule has 0 saturated heterocycles. The second kappa shape index (κ2) is 6.69. The van der Waals surface area contributed by atoms with Crippen molar-refractivity contribution in [2.24, 2.45) is 0 Å².